The average Bonchev–Trinajstić information content (AvgIpc) is 2.76. The largest absolute Gasteiger partial charge is 0.573 e. The van der Waals surface area contributed by atoms with Gasteiger partial charge in [0.15, 0.2) is 0 Å². The first-order valence-electron chi connectivity index (χ1n) is 6.26. The number of hydrogen-bond acceptors (Lipinski definition) is 4. The summed E-state index contributed by atoms with van der Waals surface area (Å²) in [6.07, 6.45) is -3.33. The molecule has 118 valence electrons. The summed E-state index contributed by atoms with van der Waals surface area (Å²) in [4.78, 5) is 11.9. The molecule has 0 fully saturated rings. The molecule has 0 saturated carbocycles. The van der Waals surface area contributed by atoms with Gasteiger partial charge in [-0.2, -0.15) is 5.10 Å². The van der Waals surface area contributed by atoms with Crippen molar-refractivity contribution in [2.75, 3.05) is 0 Å². The Labute approximate surface area is 124 Å². The van der Waals surface area contributed by atoms with Crippen LogP contribution in [0.3, 0.4) is 0 Å². The van der Waals surface area contributed by atoms with Crippen LogP contribution in [0.4, 0.5) is 13.2 Å². The zero-order valence-corrected chi connectivity index (χ0v) is 11.8. The zero-order valence-electron chi connectivity index (χ0n) is 11.8. The number of alkyl halides is 3. The van der Waals surface area contributed by atoms with Gasteiger partial charge in [-0.25, -0.2) is 4.79 Å². The standard InChI is InChI=1S/C14H13F3N2O3/c1-9-12(7-18-19(9)2)13(20)21-8-10-3-5-11(6-4-10)22-14(15,16)17/h3-7H,8H2,1-2H3. The lowest BCUT2D eigenvalue weighted by atomic mass is 10.2. The van der Waals surface area contributed by atoms with Crippen molar-refractivity contribution in [3.8, 4) is 5.75 Å². The molecule has 0 N–H and O–H groups in total. The van der Waals surface area contributed by atoms with E-state index in [9.17, 15) is 18.0 Å². The van der Waals surface area contributed by atoms with Crippen molar-refractivity contribution in [2.24, 2.45) is 7.05 Å². The fourth-order valence-electron chi connectivity index (χ4n) is 1.71. The quantitative estimate of drug-likeness (QED) is 0.814. The third-order valence-corrected chi connectivity index (χ3v) is 2.98. The molecule has 1 aromatic heterocycles. The van der Waals surface area contributed by atoms with Crippen LogP contribution in [0, 0.1) is 6.92 Å². The second kappa shape index (κ2) is 6.08. The van der Waals surface area contributed by atoms with Gasteiger partial charge in [-0.3, -0.25) is 4.68 Å². The van der Waals surface area contributed by atoms with Crippen LogP contribution in [0.25, 0.3) is 0 Å². The number of esters is 1. The van der Waals surface area contributed by atoms with Gasteiger partial charge in [-0.1, -0.05) is 12.1 Å². The summed E-state index contributed by atoms with van der Waals surface area (Å²) in [6, 6.07) is 5.10. The number of rotatable bonds is 4. The highest BCUT2D eigenvalue weighted by atomic mass is 19.4. The van der Waals surface area contributed by atoms with E-state index in [0.29, 0.717) is 16.8 Å². The number of ether oxygens (including phenoxy) is 2. The fraction of sp³-hybridized carbons (Fsp3) is 0.286. The molecule has 5 nitrogen and oxygen atoms in total. The molecule has 0 aliphatic rings. The van der Waals surface area contributed by atoms with Gasteiger partial charge in [-0.05, 0) is 24.6 Å². The minimum absolute atomic E-state index is 0.0561. The first kappa shape index (κ1) is 15.9. The molecule has 8 heteroatoms. The molecule has 0 radical (unpaired) electrons. The normalized spacial score (nSPS) is 11.3. The molecular formula is C14H13F3N2O3. The molecule has 1 heterocycles. The molecule has 0 bridgehead atoms. The van der Waals surface area contributed by atoms with E-state index in [-0.39, 0.29) is 12.4 Å². The molecule has 1 aromatic carbocycles. The summed E-state index contributed by atoms with van der Waals surface area (Å²) < 4.78 is 46.5. The molecule has 0 unspecified atom stereocenters. The summed E-state index contributed by atoms with van der Waals surface area (Å²) >= 11 is 0. The maximum atomic E-state index is 12.0. The van der Waals surface area contributed by atoms with Crippen LogP contribution >= 0.6 is 0 Å². The molecule has 2 rings (SSSR count). The molecule has 22 heavy (non-hydrogen) atoms. The molecule has 0 aliphatic carbocycles. The fourth-order valence-corrected chi connectivity index (χ4v) is 1.71. The number of halogens is 3. The average molecular weight is 314 g/mol. The highest BCUT2D eigenvalue weighted by Gasteiger charge is 2.30. The summed E-state index contributed by atoms with van der Waals surface area (Å²) in [7, 11) is 1.70. The van der Waals surface area contributed by atoms with Crippen LogP contribution in [0.15, 0.2) is 30.5 Å². The molecule has 0 amide bonds. The number of carbonyl (C=O) groups excluding carboxylic acids is 1. The first-order valence-corrected chi connectivity index (χ1v) is 6.26. The van der Waals surface area contributed by atoms with E-state index < -0.39 is 12.3 Å². The second-order valence-electron chi connectivity index (χ2n) is 4.54. The van der Waals surface area contributed by atoms with Gasteiger partial charge < -0.3 is 9.47 Å². The number of aromatic nitrogens is 2. The molecule has 2 aromatic rings. The van der Waals surface area contributed by atoms with Crippen molar-refractivity contribution in [3.63, 3.8) is 0 Å². The van der Waals surface area contributed by atoms with Crippen molar-refractivity contribution in [2.45, 2.75) is 19.9 Å². The van der Waals surface area contributed by atoms with Crippen LogP contribution in [-0.4, -0.2) is 22.1 Å². The number of carbonyl (C=O) groups is 1. The highest BCUT2D eigenvalue weighted by molar-refractivity contribution is 5.90. The van der Waals surface area contributed by atoms with Crippen molar-refractivity contribution in [1.82, 2.24) is 9.78 Å². The first-order chi connectivity index (χ1) is 10.3. The van der Waals surface area contributed by atoms with E-state index >= 15 is 0 Å². The number of benzene rings is 1. The Bertz CT molecular complexity index is 663. The second-order valence-corrected chi connectivity index (χ2v) is 4.54. The molecule has 0 atom stereocenters. The Morgan fingerprint density at radius 2 is 1.91 bits per heavy atom. The molecular weight excluding hydrogens is 301 g/mol. The number of hydrogen-bond donors (Lipinski definition) is 0. The summed E-state index contributed by atoms with van der Waals surface area (Å²) in [5.41, 5.74) is 1.56. The van der Waals surface area contributed by atoms with Crippen LogP contribution in [0.2, 0.25) is 0 Å². The lowest BCUT2D eigenvalue weighted by molar-refractivity contribution is -0.274. The monoisotopic (exact) mass is 314 g/mol. The minimum Gasteiger partial charge on any atom is -0.457 e. The van der Waals surface area contributed by atoms with E-state index in [4.69, 9.17) is 4.74 Å². The van der Waals surface area contributed by atoms with E-state index in [1.165, 1.54) is 18.3 Å². The van der Waals surface area contributed by atoms with E-state index in [2.05, 4.69) is 9.84 Å². The Balaban J connectivity index is 1.94. The smallest absolute Gasteiger partial charge is 0.457 e. The van der Waals surface area contributed by atoms with E-state index in [1.807, 2.05) is 0 Å². The van der Waals surface area contributed by atoms with Gasteiger partial charge in [0.25, 0.3) is 0 Å². The Morgan fingerprint density at radius 1 is 1.27 bits per heavy atom. The predicted octanol–water partition coefficient (Wildman–Crippen LogP) is 2.98. The van der Waals surface area contributed by atoms with Crippen LogP contribution < -0.4 is 4.74 Å². The third kappa shape index (κ3) is 4.00. The number of nitrogens with zero attached hydrogens (tertiary/aromatic N) is 2. The lowest BCUT2D eigenvalue weighted by Gasteiger charge is -2.09. The van der Waals surface area contributed by atoms with Crippen LogP contribution in [0.5, 0.6) is 5.75 Å². The molecule has 0 aliphatic heterocycles. The predicted molar refractivity (Wildman–Crippen MR) is 70.2 cm³/mol. The zero-order chi connectivity index (χ0) is 16.3. The number of aryl methyl sites for hydroxylation is 1. The van der Waals surface area contributed by atoms with Crippen molar-refractivity contribution >= 4 is 5.97 Å². The maximum Gasteiger partial charge on any atom is 0.573 e. The summed E-state index contributed by atoms with van der Waals surface area (Å²) in [6.45, 7) is 1.67. The van der Waals surface area contributed by atoms with Crippen molar-refractivity contribution < 1.29 is 27.4 Å². The van der Waals surface area contributed by atoms with Gasteiger partial charge in [0, 0.05) is 12.7 Å². The van der Waals surface area contributed by atoms with Gasteiger partial charge >= 0.3 is 12.3 Å². The minimum atomic E-state index is -4.73. The topological polar surface area (TPSA) is 53.4 Å². The van der Waals surface area contributed by atoms with Crippen molar-refractivity contribution in [3.05, 3.63) is 47.3 Å². The van der Waals surface area contributed by atoms with E-state index in [0.717, 1.165) is 12.1 Å². The summed E-state index contributed by atoms with van der Waals surface area (Å²) in [5, 5.41) is 3.93. The summed E-state index contributed by atoms with van der Waals surface area (Å²) in [5.74, 6) is -0.869. The third-order valence-electron chi connectivity index (χ3n) is 2.98. The lowest BCUT2D eigenvalue weighted by Crippen LogP contribution is -2.17. The van der Waals surface area contributed by atoms with Gasteiger partial charge in [0.05, 0.1) is 6.20 Å². The van der Waals surface area contributed by atoms with Gasteiger partial charge in [-0.15, -0.1) is 13.2 Å². The van der Waals surface area contributed by atoms with Crippen molar-refractivity contribution in [1.29, 1.82) is 0 Å². The Hall–Kier alpha value is -2.51. The van der Waals surface area contributed by atoms with Gasteiger partial charge in [0.2, 0.25) is 0 Å². The maximum absolute atomic E-state index is 12.0. The van der Waals surface area contributed by atoms with Gasteiger partial charge in [0.1, 0.15) is 17.9 Å². The molecule has 0 saturated heterocycles. The molecule has 0 spiro atoms. The Morgan fingerprint density at radius 3 is 2.41 bits per heavy atom. The van der Waals surface area contributed by atoms with Crippen LogP contribution in [-0.2, 0) is 18.4 Å². The van der Waals surface area contributed by atoms with E-state index in [1.54, 1.807) is 18.7 Å². The van der Waals surface area contributed by atoms with Crippen LogP contribution in [0.1, 0.15) is 21.6 Å². The Kier molecular flexibility index (Phi) is 4.39. The SMILES string of the molecule is Cc1c(C(=O)OCc2ccc(OC(F)(F)F)cc2)cnn1C. The highest BCUT2D eigenvalue weighted by Crippen LogP contribution is 2.23.